The van der Waals surface area contributed by atoms with Gasteiger partial charge in [0.1, 0.15) is 0 Å². The van der Waals surface area contributed by atoms with Crippen LogP contribution in [0.2, 0.25) is 0 Å². The average Bonchev–Trinajstić information content (AvgIpc) is 1.87. The van der Waals surface area contributed by atoms with Crippen molar-refractivity contribution in [2.24, 2.45) is 5.92 Å². The highest BCUT2D eigenvalue weighted by Gasteiger charge is 1.98. The van der Waals surface area contributed by atoms with E-state index in [0.29, 0.717) is 12.5 Å². The summed E-state index contributed by atoms with van der Waals surface area (Å²) in [7, 11) is 0. The minimum atomic E-state index is -1.08. The van der Waals surface area contributed by atoms with E-state index in [1.165, 1.54) is 6.42 Å². The molecule has 2 nitrogen and oxygen atoms in total. The molecule has 3 heteroatoms. The van der Waals surface area contributed by atoms with Gasteiger partial charge >= 0.3 is 0 Å². The summed E-state index contributed by atoms with van der Waals surface area (Å²) in [5.74, 6) is 0.684. The lowest BCUT2D eigenvalue weighted by Crippen LogP contribution is -2.01. The lowest BCUT2D eigenvalue weighted by Gasteiger charge is -2.05. The molecule has 0 aliphatic carbocycles. The highest BCUT2D eigenvalue weighted by Crippen LogP contribution is 2.05. The molecular weight excluding hydrogens is 148 g/mol. The van der Waals surface area contributed by atoms with E-state index >= 15 is 0 Å². The molecule has 0 saturated carbocycles. The van der Waals surface area contributed by atoms with Crippen LogP contribution in [0.25, 0.3) is 0 Å². The molecule has 0 rings (SSSR count). The van der Waals surface area contributed by atoms with Gasteiger partial charge in [0.15, 0.2) is 11.1 Å². The molecule has 62 valence electrons. The van der Waals surface area contributed by atoms with Crippen LogP contribution in [0.1, 0.15) is 26.7 Å². The van der Waals surface area contributed by atoms with Crippen molar-refractivity contribution in [2.75, 3.05) is 12.9 Å². The molecule has 2 atom stereocenters. The van der Waals surface area contributed by atoms with Crippen molar-refractivity contribution >= 4 is 11.1 Å². The Morgan fingerprint density at radius 3 is 2.60 bits per heavy atom. The molecule has 0 aromatic heterocycles. The predicted octanol–water partition coefficient (Wildman–Crippen LogP) is 1.73. The lowest BCUT2D eigenvalue weighted by atomic mass is 10.1. The Balaban J connectivity index is 3.11. The fourth-order valence-electron chi connectivity index (χ4n) is 0.571. The van der Waals surface area contributed by atoms with Crippen LogP contribution in [0.15, 0.2) is 0 Å². The smallest absolute Gasteiger partial charge is 0.152 e. The monoisotopic (exact) mass is 164 g/mol. The summed E-state index contributed by atoms with van der Waals surface area (Å²) in [6.45, 7) is 4.94. The standard InChI is InChI=1S/C7H16O2S/c1-4-7(2)5-6-9-10(3)8/h7H,4-6H2,1-3H3/t7-,10?/m0/s1. The van der Waals surface area contributed by atoms with Gasteiger partial charge in [-0.2, -0.15) is 0 Å². The summed E-state index contributed by atoms with van der Waals surface area (Å²) < 4.78 is 15.3. The zero-order chi connectivity index (χ0) is 7.98. The normalized spacial score (nSPS) is 16.7. The van der Waals surface area contributed by atoms with Gasteiger partial charge in [-0.3, -0.25) is 4.18 Å². The van der Waals surface area contributed by atoms with E-state index in [-0.39, 0.29) is 0 Å². The van der Waals surface area contributed by atoms with E-state index in [2.05, 4.69) is 13.8 Å². The van der Waals surface area contributed by atoms with Crippen molar-refractivity contribution in [3.63, 3.8) is 0 Å². The molecule has 0 aromatic rings. The van der Waals surface area contributed by atoms with Crippen LogP contribution in [-0.2, 0) is 15.3 Å². The van der Waals surface area contributed by atoms with Gasteiger partial charge < -0.3 is 0 Å². The highest BCUT2D eigenvalue weighted by molar-refractivity contribution is 7.79. The molecule has 0 bridgehead atoms. The van der Waals surface area contributed by atoms with E-state index in [1.54, 1.807) is 6.26 Å². The van der Waals surface area contributed by atoms with Crippen molar-refractivity contribution in [1.82, 2.24) is 0 Å². The van der Waals surface area contributed by atoms with Crippen molar-refractivity contribution in [1.29, 1.82) is 0 Å². The van der Waals surface area contributed by atoms with Crippen molar-refractivity contribution in [2.45, 2.75) is 26.7 Å². The minimum Gasteiger partial charge on any atom is -0.291 e. The lowest BCUT2D eigenvalue weighted by molar-refractivity contribution is 0.308. The van der Waals surface area contributed by atoms with E-state index in [4.69, 9.17) is 4.18 Å². The SMILES string of the molecule is CC[C@H](C)CCOS(C)=O. The van der Waals surface area contributed by atoms with Crippen LogP contribution in [-0.4, -0.2) is 17.1 Å². The van der Waals surface area contributed by atoms with E-state index < -0.39 is 11.1 Å². The van der Waals surface area contributed by atoms with Crippen molar-refractivity contribution < 1.29 is 8.39 Å². The Kier molecular flexibility index (Phi) is 5.93. The maximum atomic E-state index is 10.4. The van der Waals surface area contributed by atoms with Gasteiger partial charge in [-0.25, -0.2) is 4.21 Å². The highest BCUT2D eigenvalue weighted by atomic mass is 32.2. The first kappa shape index (κ1) is 10.1. The summed E-state index contributed by atoms with van der Waals surface area (Å²) in [4.78, 5) is 0. The van der Waals surface area contributed by atoms with Crippen LogP contribution in [0.3, 0.4) is 0 Å². The third-order valence-electron chi connectivity index (χ3n) is 1.56. The quantitative estimate of drug-likeness (QED) is 0.618. The maximum absolute atomic E-state index is 10.4. The Labute approximate surface area is 65.6 Å². The third kappa shape index (κ3) is 6.23. The van der Waals surface area contributed by atoms with Crippen LogP contribution in [0.5, 0.6) is 0 Å². The average molecular weight is 164 g/mol. The molecule has 0 aliphatic rings. The number of hydrogen-bond donors (Lipinski definition) is 0. The van der Waals surface area contributed by atoms with E-state index in [9.17, 15) is 4.21 Å². The molecule has 10 heavy (non-hydrogen) atoms. The summed E-state index contributed by atoms with van der Waals surface area (Å²) >= 11 is -1.08. The Hall–Kier alpha value is 0.110. The third-order valence-corrected chi connectivity index (χ3v) is 2.06. The van der Waals surface area contributed by atoms with Crippen LogP contribution < -0.4 is 0 Å². The summed E-state index contributed by atoms with van der Waals surface area (Å²) in [6.07, 6.45) is 3.73. The molecule has 0 radical (unpaired) electrons. The molecule has 0 heterocycles. The molecule has 0 aliphatic heterocycles. The molecular formula is C7H16O2S. The second-order valence-corrected chi connectivity index (χ2v) is 3.56. The first-order chi connectivity index (χ1) is 4.66. The van der Waals surface area contributed by atoms with Gasteiger partial charge in [-0.05, 0) is 12.3 Å². The molecule has 0 fully saturated rings. The Bertz CT molecular complexity index is 104. The van der Waals surface area contributed by atoms with Crippen LogP contribution >= 0.6 is 0 Å². The van der Waals surface area contributed by atoms with Gasteiger partial charge in [0, 0.05) is 6.26 Å². The fraction of sp³-hybridized carbons (Fsp3) is 1.00. The molecule has 1 unspecified atom stereocenters. The zero-order valence-corrected chi connectivity index (χ0v) is 7.74. The van der Waals surface area contributed by atoms with E-state index in [0.717, 1.165) is 6.42 Å². The Morgan fingerprint density at radius 1 is 1.60 bits per heavy atom. The van der Waals surface area contributed by atoms with Gasteiger partial charge in [0.05, 0.1) is 6.61 Å². The largest absolute Gasteiger partial charge is 0.291 e. The molecule has 0 spiro atoms. The van der Waals surface area contributed by atoms with Crippen molar-refractivity contribution in [3.8, 4) is 0 Å². The Morgan fingerprint density at radius 2 is 2.20 bits per heavy atom. The fourth-order valence-corrected chi connectivity index (χ4v) is 0.902. The molecule has 0 amide bonds. The van der Waals surface area contributed by atoms with E-state index in [1.807, 2.05) is 0 Å². The molecule has 0 N–H and O–H groups in total. The summed E-state index contributed by atoms with van der Waals surface area (Å²) in [5.41, 5.74) is 0. The van der Waals surface area contributed by atoms with Gasteiger partial charge in [-0.15, -0.1) is 0 Å². The number of rotatable bonds is 5. The first-order valence-electron chi connectivity index (χ1n) is 3.63. The van der Waals surface area contributed by atoms with Crippen molar-refractivity contribution in [3.05, 3.63) is 0 Å². The molecule has 0 aromatic carbocycles. The minimum absolute atomic E-state index is 0.623. The first-order valence-corrected chi connectivity index (χ1v) is 5.11. The number of hydrogen-bond acceptors (Lipinski definition) is 2. The predicted molar refractivity (Wildman–Crippen MR) is 44.1 cm³/mol. The summed E-state index contributed by atoms with van der Waals surface area (Å²) in [5, 5.41) is 0. The van der Waals surface area contributed by atoms with Gasteiger partial charge in [0.2, 0.25) is 0 Å². The maximum Gasteiger partial charge on any atom is 0.152 e. The topological polar surface area (TPSA) is 26.3 Å². The second kappa shape index (κ2) is 5.86. The molecule has 0 saturated heterocycles. The van der Waals surface area contributed by atoms with Gasteiger partial charge in [-0.1, -0.05) is 20.3 Å². The zero-order valence-electron chi connectivity index (χ0n) is 6.92. The van der Waals surface area contributed by atoms with Gasteiger partial charge in [0.25, 0.3) is 0 Å². The second-order valence-electron chi connectivity index (χ2n) is 2.53. The van der Waals surface area contributed by atoms with Crippen LogP contribution in [0, 0.1) is 5.92 Å². The summed E-state index contributed by atoms with van der Waals surface area (Å²) in [6, 6.07) is 0. The van der Waals surface area contributed by atoms with Crippen LogP contribution in [0.4, 0.5) is 0 Å².